The number of hydrogen-bond donors (Lipinski definition) is 1. The van der Waals surface area contributed by atoms with Gasteiger partial charge >= 0.3 is 5.97 Å². The standard InChI is InChI=1S/C17H18O5.C4H11NO.C3H8/c1-19-14-9-13(10-15(20-2)16(14)21-3)17(18)22-11-12-7-5-4-6-8-12;1-5-3-4-6-2;1-3-2/h4-10H,11H2,1-3H3;5H,3-4H2,1-2H3;3H2,1-2H3. The van der Waals surface area contributed by atoms with E-state index in [1.54, 1.807) is 19.2 Å². The molecule has 0 spiro atoms. The summed E-state index contributed by atoms with van der Waals surface area (Å²) in [6.45, 7) is 6.20. The normalized spacial score (nSPS) is 9.39. The summed E-state index contributed by atoms with van der Waals surface area (Å²) in [5.41, 5.74) is 1.26. The third kappa shape index (κ3) is 11.3. The van der Waals surface area contributed by atoms with Crippen LogP contribution < -0.4 is 19.5 Å². The number of carbonyl (C=O) groups is 1. The Morgan fingerprint density at radius 2 is 1.45 bits per heavy atom. The van der Waals surface area contributed by atoms with E-state index in [1.807, 2.05) is 37.4 Å². The summed E-state index contributed by atoms with van der Waals surface area (Å²) < 4.78 is 25.7. The predicted octanol–water partition coefficient (Wildman–Crippen LogP) is 4.34. The van der Waals surface area contributed by atoms with Crippen molar-refractivity contribution in [2.24, 2.45) is 0 Å². The minimum atomic E-state index is -0.455. The lowest BCUT2D eigenvalue weighted by Crippen LogP contribution is -2.12. The average molecular weight is 436 g/mol. The molecular formula is C24H37NO6. The zero-order valence-corrected chi connectivity index (χ0v) is 19.8. The third-order valence-corrected chi connectivity index (χ3v) is 3.67. The molecule has 0 aromatic heterocycles. The smallest absolute Gasteiger partial charge is 0.338 e. The van der Waals surface area contributed by atoms with E-state index in [0.29, 0.717) is 22.8 Å². The molecule has 2 aromatic carbocycles. The van der Waals surface area contributed by atoms with Crippen LogP contribution in [-0.2, 0) is 16.1 Å². The largest absolute Gasteiger partial charge is 0.493 e. The number of rotatable bonds is 9. The van der Waals surface area contributed by atoms with E-state index in [4.69, 9.17) is 23.7 Å². The number of ether oxygens (including phenoxy) is 5. The van der Waals surface area contributed by atoms with Crippen LogP contribution in [0.15, 0.2) is 42.5 Å². The summed E-state index contributed by atoms with van der Waals surface area (Å²) in [6.07, 6.45) is 1.25. The molecule has 0 saturated carbocycles. The molecule has 0 aliphatic carbocycles. The van der Waals surface area contributed by atoms with Crippen molar-refractivity contribution in [1.82, 2.24) is 5.32 Å². The Morgan fingerprint density at radius 1 is 0.903 bits per heavy atom. The van der Waals surface area contributed by atoms with Crippen LogP contribution in [0, 0.1) is 0 Å². The molecule has 1 N–H and O–H groups in total. The van der Waals surface area contributed by atoms with E-state index >= 15 is 0 Å². The number of likely N-dealkylation sites (N-methyl/N-ethyl adjacent to an activating group) is 1. The molecule has 2 rings (SSSR count). The second kappa shape index (κ2) is 18.0. The van der Waals surface area contributed by atoms with Gasteiger partial charge in [-0.25, -0.2) is 4.79 Å². The lowest BCUT2D eigenvalue weighted by Gasteiger charge is -2.13. The minimum Gasteiger partial charge on any atom is -0.493 e. The van der Waals surface area contributed by atoms with Gasteiger partial charge in [0.2, 0.25) is 5.75 Å². The van der Waals surface area contributed by atoms with Crippen LogP contribution in [0.5, 0.6) is 17.2 Å². The van der Waals surface area contributed by atoms with E-state index in [2.05, 4.69) is 19.2 Å². The van der Waals surface area contributed by atoms with Gasteiger partial charge in [-0.2, -0.15) is 0 Å². The predicted molar refractivity (Wildman–Crippen MR) is 123 cm³/mol. The van der Waals surface area contributed by atoms with Crippen molar-refractivity contribution in [2.75, 3.05) is 48.6 Å². The number of hydrogen-bond acceptors (Lipinski definition) is 7. The number of carbonyl (C=O) groups excluding carboxylic acids is 1. The molecule has 0 amide bonds. The summed E-state index contributed by atoms with van der Waals surface area (Å²) in [5.74, 6) is 0.801. The number of esters is 1. The van der Waals surface area contributed by atoms with Crippen LogP contribution in [0.3, 0.4) is 0 Å². The van der Waals surface area contributed by atoms with Crippen molar-refractivity contribution in [1.29, 1.82) is 0 Å². The Morgan fingerprint density at radius 3 is 1.84 bits per heavy atom. The highest BCUT2D eigenvalue weighted by Crippen LogP contribution is 2.38. The zero-order valence-electron chi connectivity index (χ0n) is 19.8. The van der Waals surface area contributed by atoms with Crippen molar-refractivity contribution >= 4 is 5.97 Å². The van der Waals surface area contributed by atoms with Gasteiger partial charge in [0.05, 0.1) is 33.5 Å². The lowest BCUT2D eigenvalue weighted by molar-refractivity contribution is 0.0472. The Bertz CT molecular complexity index is 692. The van der Waals surface area contributed by atoms with E-state index in [-0.39, 0.29) is 6.61 Å². The van der Waals surface area contributed by atoms with Gasteiger partial charge in [0.25, 0.3) is 0 Å². The molecule has 0 aliphatic heterocycles. The molecule has 7 heteroatoms. The summed E-state index contributed by atoms with van der Waals surface area (Å²) in [6, 6.07) is 12.6. The second-order valence-corrected chi connectivity index (χ2v) is 6.28. The summed E-state index contributed by atoms with van der Waals surface area (Å²) in [7, 11) is 8.09. The van der Waals surface area contributed by atoms with Gasteiger partial charge in [-0.05, 0) is 24.7 Å². The molecule has 7 nitrogen and oxygen atoms in total. The maximum Gasteiger partial charge on any atom is 0.338 e. The Kier molecular flexibility index (Phi) is 16.4. The molecule has 0 aliphatic rings. The summed E-state index contributed by atoms with van der Waals surface area (Å²) in [5, 5.41) is 2.94. The van der Waals surface area contributed by atoms with E-state index < -0.39 is 5.97 Å². The molecule has 31 heavy (non-hydrogen) atoms. The monoisotopic (exact) mass is 435 g/mol. The van der Waals surface area contributed by atoms with Crippen LogP contribution >= 0.6 is 0 Å². The van der Waals surface area contributed by atoms with Crippen molar-refractivity contribution < 1.29 is 28.5 Å². The zero-order chi connectivity index (χ0) is 23.5. The fourth-order valence-corrected chi connectivity index (χ4v) is 2.21. The Balaban J connectivity index is 0.000000848. The quantitative estimate of drug-likeness (QED) is 0.464. The highest BCUT2D eigenvalue weighted by atomic mass is 16.5. The molecule has 0 unspecified atom stereocenters. The fourth-order valence-electron chi connectivity index (χ4n) is 2.21. The van der Waals surface area contributed by atoms with Gasteiger partial charge in [-0.15, -0.1) is 0 Å². The van der Waals surface area contributed by atoms with Gasteiger partial charge < -0.3 is 29.0 Å². The van der Waals surface area contributed by atoms with Crippen LogP contribution in [0.25, 0.3) is 0 Å². The van der Waals surface area contributed by atoms with Gasteiger partial charge in [0.1, 0.15) is 6.61 Å². The highest BCUT2D eigenvalue weighted by molar-refractivity contribution is 5.91. The molecule has 0 radical (unpaired) electrons. The molecular weight excluding hydrogens is 398 g/mol. The molecule has 0 bridgehead atoms. The molecule has 0 heterocycles. The van der Waals surface area contributed by atoms with Crippen LogP contribution in [0.1, 0.15) is 36.2 Å². The fraction of sp³-hybridized carbons (Fsp3) is 0.458. The summed E-state index contributed by atoms with van der Waals surface area (Å²) >= 11 is 0. The summed E-state index contributed by atoms with van der Waals surface area (Å²) in [4.78, 5) is 12.2. The van der Waals surface area contributed by atoms with Crippen molar-refractivity contribution in [3.63, 3.8) is 0 Å². The molecule has 0 fully saturated rings. The Hall–Kier alpha value is -2.77. The van der Waals surface area contributed by atoms with Crippen LogP contribution in [-0.4, -0.2) is 54.6 Å². The average Bonchev–Trinajstić information content (AvgIpc) is 2.81. The van der Waals surface area contributed by atoms with Gasteiger partial charge in [-0.3, -0.25) is 0 Å². The number of nitrogens with one attached hydrogen (secondary N) is 1. The van der Waals surface area contributed by atoms with E-state index in [0.717, 1.165) is 18.7 Å². The van der Waals surface area contributed by atoms with Crippen molar-refractivity contribution in [3.05, 3.63) is 53.6 Å². The maximum atomic E-state index is 12.2. The first kappa shape index (κ1) is 28.2. The van der Waals surface area contributed by atoms with Gasteiger partial charge in [0.15, 0.2) is 11.5 Å². The van der Waals surface area contributed by atoms with Crippen LogP contribution in [0.4, 0.5) is 0 Å². The molecule has 174 valence electrons. The van der Waals surface area contributed by atoms with Crippen molar-refractivity contribution in [2.45, 2.75) is 26.9 Å². The first-order chi connectivity index (χ1) is 15.0. The Labute approximate surface area is 186 Å². The lowest BCUT2D eigenvalue weighted by atomic mass is 10.2. The molecule has 0 saturated heterocycles. The highest BCUT2D eigenvalue weighted by Gasteiger charge is 2.17. The van der Waals surface area contributed by atoms with Gasteiger partial charge in [-0.1, -0.05) is 50.6 Å². The third-order valence-electron chi connectivity index (χ3n) is 3.67. The van der Waals surface area contributed by atoms with E-state index in [1.165, 1.54) is 27.8 Å². The number of benzene rings is 2. The van der Waals surface area contributed by atoms with Gasteiger partial charge in [0, 0.05) is 13.7 Å². The topological polar surface area (TPSA) is 75.3 Å². The SMILES string of the molecule is CCC.CNCCOC.COc1cc(C(=O)OCc2ccccc2)cc(OC)c1OC. The number of methoxy groups -OCH3 is 4. The van der Waals surface area contributed by atoms with Crippen molar-refractivity contribution in [3.8, 4) is 17.2 Å². The second-order valence-electron chi connectivity index (χ2n) is 6.28. The first-order valence-corrected chi connectivity index (χ1v) is 10.2. The van der Waals surface area contributed by atoms with E-state index in [9.17, 15) is 4.79 Å². The molecule has 2 aromatic rings. The van der Waals surface area contributed by atoms with Crippen LogP contribution in [0.2, 0.25) is 0 Å². The molecule has 0 atom stereocenters. The first-order valence-electron chi connectivity index (χ1n) is 10.2. The minimum absolute atomic E-state index is 0.205. The maximum absolute atomic E-state index is 12.2.